The summed E-state index contributed by atoms with van der Waals surface area (Å²) in [5, 5.41) is 9.90. The number of pyridine rings is 1. The Bertz CT molecular complexity index is 1260. The number of hydrogen-bond acceptors (Lipinski definition) is 7. The van der Waals surface area contributed by atoms with E-state index in [1.54, 1.807) is 11.1 Å². The Morgan fingerprint density at radius 3 is 2.49 bits per heavy atom. The zero-order chi connectivity index (χ0) is 27.6. The Labute approximate surface area is 228 Å². The molecule has 39 heavy (non-hydrogen) atoms. The Hall–Kier alpha value is -3.86. The van der Waals surface area contributed by atoms with E-state index < -0.39 is 12.1 Å². The third-order valence-electron chi connectivity index (χ3n) is 6.96. The quantitative estimate of drug-likeness (QED) is 0.234. The van der Waals surface area contributed by atoms with Gasteiger partial charge in [0.25, 0.3) is 0 Å². The summed E-state index contributed by atoms with van der Waals surface area (Å²) in [6.07, 6.45) is 2.98. The van der Waals surface area contributed by atoms with Gasteiger partial charge in [-0.1, -0.05) is 48.5 Å². The van der Waals surface area contributed by atoms with E-state index in [9.17, 15) is 14.4 Å². The van der Waals surface area contributed by atoms with Gasteiger partial charge < -0.3 is 32.3 Å². The maximum atomic E-state index is 13.4. The second kappa shape index (κ2) is 13.8. The number of nitrogens with two attached hydrogens (primary N) is 2. The van der Waals surface area contributed by atoms with Crippen LogP contribution in [0.15, 0.2) is 66.9 Å². The number of rotatable bonds is 12. The van der Waals surface area contributed by atoms with Crippen molar-refractivity contribution in [2.75, 3.05) is 38.0 Å². The second-order valence-electron chi connectivity index (χ2n) is 9.79. The van der Waals surface area contributed by atoms with Gasteiger partial charge in [0.1, 0.15) is 6.04 Å². The van der Waals surface area contributed by atoms with Crippen LogP contribution in [0.3, 0.4) is 0 Å². The fraction of sp³-hybridized carbons (Fsp3) is 0.379. The molecule has 0 bridgehead atoms. The number of aromatic nitrogens is 1. The molecule has 0 unspecified atom stereocenters. The van der Waals surface area contributed by atoms with Gasteiger partial charge in [-0.2, -0.15) is 0 Å². The average molecular weight is 532 g/mol. The molecule has 1 aliphatic rings. The summed E-state index contributed by atoms with van der Waals surface area (Å²) in [4.78, 5) is 45.6. The molecule has 7 N–H and O–H groups in total. The van der Waals surface area contributed by atoms with Crippen LogP contribution in [0.1, 0.15) is 18.4 Å². The van der Waals surface area contributed by atoms with Gasteiger partial charge in [0.15, 0.2) is 0 Å². The highest BCUT2D eigenvalue weighted by Crippen LogP contribution is 2.19. The molecule has 1 saturated heterocycles. The number of aryl methyl sites for hydroxylation is 1. The van der Waals surface area contributed by atoms with Gasteiger partial charge in [0.2, 0.25) is 17.7 Å². The van der Waals surface area contributed by atoms with Crippen LogP contribution in [0.4, 0.5) is 5.69 Å². The van der Waals surface area contributed by atoms with Crippen molar-refractivity contribution in [2.24, 2.45) is 17.4 Å². The topological polar surface area (TPSA) is 155 Å². The number of nitrogens with one attached hydrogen (secondary N) is 3. The monoisotopic (exact) mass is 531 g/mol. The molecule has 1 aliphatic heterocycles. The van der Waals surface area contributed by atoms with E-state index in [2.05, 4.69) is 20.9 Å². The van der Waals surface area contributed by atoms with E-state index in [0.29, 0.717) is 57.7 Å². The van der Waals surface area contributed by atoms with Crippen LogP contribution < -0.4 is 27.4 Å². The number of carbonyl (C=O) groups is 3. The minimum atomic E-state index is -0.772. The first-order chi connectivity index (χ1) is 19.0. The molecule has 4 rings (SSSR count). The molecule has 3 atom stereocenters. The van der Waals surface area contributed by atoms with Crippen molar-refractivity contribution in [3.05, 3.63) is 72.4 Å². The highest BCUT2D eigenvalue weighted by molar-refractivity contribution is 5.99. The normalized spacial score (nSPS) is 17.5. The Morgan fingerprint density at radius 1 is 1.03 bits per heavy atom. The lowest BCUT2D eigenvalue weighted by atomic mass is 10.0. The highest BCUT2D eigenvalue weighted by atomic mass is 16.2. The number of amides is 3. The molecule has 3 aromatic rings. The molecule has 206 valence electrons. The fourth-order valence-electron chi connectivity index (χ4n) is 4.89. The van der Waals surface area contributed by atoms with Gasteiger partial charge in [-0.05, 0) is 37.0 Å². The Kier molecular flexibility index (Phi) is 9.96. The van der Waals surface area contributed by atoms with Crippen molar-refractivity contribution in [2.45, 2.75) is 31.3 Å². The van der Waals surface area contributed by atoms with Crippen molar-refractivity contribution < 1.29 is 14.4 Å². The van der Waals surface area contributed by atoms with Crippen molar-refractivity contribution >= 4 is 34.3 Å². The molecule has 0 saturated carbocycles. The molecule has 1 aromatic heterocycles. The highest BCUT2D eigenvalue weighted by Gasteiger charge is 2.36. The summed E-state index contributed by atoms with van der Waals surface area (Å²) in [6.45, 7) is 1.93. The largest absolute Gasteiger partial charge is 0.343 e. The number of carbonyl (C=O) groups excluding carboxylic acids is 3. The zero-order valence-corrected chi connectivity index (χ0v) is 22.0. The van der Waals surface area contributed by atoms with E-state index in [1.807, 2.05) is 60.7 Å². The summed E-state index contributed by atoms with van der Waals surface area (Å²) < 4.78 is 0. The first-order valence-corrected chi connectivity index (χ1v) is 13.4. The van der Waals surface area contributed by atoms with Crippen molar-refractivity contribution in [3.63, 3.8) is 0 Å². The average Bonchev–Trinajstić information content (AvgIpc) is 3.46. The van der Waals surface area contributed by atoms with Crippen molar-refractivity contribution in [1.82, 2.24) is 20.5 Å². The van der Waals surface area contributed by atoms with Crippen LogP contribution in [-0.4, -0.2) is 72.4 Å². The van der Waals surface area contributed by atoms with Crippen LogP contribution >= 0.6 is 0 Å². The summed E-state index contributed by atoms with van der Waals surface area (Å²) in [5.74, 6) is -1.03. The molecule has 3 amide bonds. The van der Waals surface area contributed by atoms with Crippen LogP contribution in [0.25, 0.3) is 10.9 Å². The predicted octanol–water partition coefficient (Wildman–Crippen LogP) is 1.02. The molecular formula is C29H37N7O3. The van der Waals surface area contributed by atoms with Gasteiger partial charge in [0, 0.05) is 38.1 Å². The predicted molar refractivity (Wildman–Crippen MR) is 152 cm³/mol. The van der Waals surface area contributed by atoms with E-state index >= 15 is 0 Å². The lowest BCUT2D eigenvalue weighted by molar-refractivity contribution is -0.135. The lowest BCUT2D eigenvalue weighted by Gasteiger charge is -2.24. The molecule has 0 radical (unpaired) electrons. The number of anilines is 1. The number of para-hydroxylation sites is 1. The van der Waals surface area contributed by atoms with Gasteiger partial charge >= 0.3 is 0 Å². The van der Waals surface area contributed by atoms with Crippen molar-refractivity contribution in [1.29, 1.82) is 0 Å². The summed E-state index contributed by atoms with van der Waals surface area (Å²) >= 11 is 0. The SMILES string of the molecule is NCCN(CCN)C(=O)[C@@H]1CN[C@H](C(=O)N[C@@H](CCc2ccccc2)C(=O)Nc2cnc3ccccc3c2)C1. The summed E-state index contributed by atoms with van der Waals surface area (Å²) in [6, 6.07) is 18.0. The minimum absolute atomic E-state index is 0.0594. The Morgan fingerprint density at radius 2 is 1.74 bits per heavy atom. The molecule has 2 heterocycles. The maximum Gasteiger partial charge on any atom is 0.247 e. The molecule has 0 spiro atoms. The third-order valence-corrected chi connectivity index (χ3v) is 6.96. The van der Waals surface area contributed by atoms with Crippen LogP contribution in [0, 0.1) is 5.92 Å². The van der Waals surface area contributed by atoms with E-state index in [4.69, 9.17) is 11.5 Å². The Balaban J connectivity index is 1.42. The van der Waals surface area contributed by atoms with Crippen LogP contribution in [0.5, 0.6) is 0 Å². The van der Waals surface area contributed by atoms with Gasteiger partial charge in [-0.25, -0.2) is 0 Å². The smallest absolute Gasteiger partial charge is 0.247 e. The maximum absolute atomic E-state index is 13.4. The molecule has 1 fully saturated rings. The fourth-order valence-corrected chi connectivity index (χ4v) is 4.89. The van der Waals surface area contributed by atoms with Gasteiger partial charge in [0.05, 0.1) is 29.4 Å². The summed E-state index contributed by atoms with van der Waals surface area (Å²) in [5.41, 5.74) is 13.8. The van der Waals surface area contributed by atoms with Crippen LogP contribution in [-0.2, 0) is 20.8 Å². The molecule has 10 nitrogen and oxygen atoms in total. The van der Waals surface area contributed by atoms with Gasteiger partial charge in [-0.3, -0.25) is 19.4 Å². The first kappa shape index (κ1) is 28.2. The number of hydrogen-bond donors (Lipinski definition) is 5. The number of fused-ring (bicyclic) bond motifs is 1. The molecule has 2 aromatic carbocycles. The second-order valence-corrected chi connectivity index (χ2v) is 9.79. The minimum Gasteiger partial charge on any atom is -0.343 e. The zero-order valence-electron chi connectivity index (χ0n) is 22.0. The molecule has 10 heteroatoms. The summed E-state index contributed by atoms with van der Waals surface area (Å²) in [7, 11) is 0. The van der Waals surface area contributed by atoms with Gasteiger partial charge in [-0.15, -0.1) is 0 Å². The van der Waals surface area contributed by atoms with Crippen molar-refractivity contribution in [3.8, 4) is 0 Å². The third kappa shape index (κ3) is 7.60. The lowest BCUT2D eigenvalue weighted by Crippen LogP contribution is -2.50. The van der Waals surface area contributed by atoms with E-state index in [0.717, 1.165) is 16.5 Å². The van der Waals surface area contributed by atoms with E-state index in [-0.39, 0.29) is 23.6 Å². The first-order valence-electron chi connectivity index (χ1n) is 13.4. The van der Waals surface area contributed by atoms with Crippen LogP contribution in [0.2, 0.25) is 0 Å². The standard InChI is InChI=1S/C29H37N7O3/c30-12-14-36(15-13-31)29(39)22-17-26(32-18-22)28(38)35-25(11-10-20-6-2-1-3-7-20)27(37)34-23-16-21-8-4-5-9-24(21)33-19-23/h1-9,16,19,22,25-26,32H,10-15,17-18,30-31H2,(H,34,37)(H,35,38)/t22-,25-,26-/m0/s1. The number of nitrogens with zero attached hydrogens (tertiary/aromatic N) is 2. The molecule has 0 aliphatic carbocycles. The molecular weight excluding hydrogens is 494 g/mol. The van der Waals surface area contributed by atoms with E-state index in [1.165, 1.54) is 0 Å². The number of benzene rings is 2.